The van der Waals surface area contributed by atoms with Gasteiger partial charge < -0.3 is 5.11 Å². The van der Waals surface area contributed by atoms with Gasteiger partial charge in [0.2, 0.25) is 0 Å². The lowest BCUT2D eigenvalue weighted by molar-refractivity contribution is -0.172. The molecule has 0 aliphatic heterocycles. The molecule has 0 saturated carbocycles. The van der Waals surface area contributed by atoms with Crippen LogP contribution >= 0.6 is 0 Å². The topological polar surface area (TPSA) is 20.2 Å². The van der Waals surface area contributed by atoms with Crippen molar-refractivity contribution in [3.8, 4) is 0 Å². The molecule has 0 heterocycles. The molecule has 1 nitrogen and oxygen atoms in total. The average Bonchev–Trinajstić information content (AvgIpc) is 1.60. The summed E-state index contributed by atoms with van der Waals surface area (Å²) in [5, 5.41) is 8.25. The molecule has 0 aromatic rings. The summed E-state index contributed by atoms with van der Waals surface area (Å²) in [7, 11) is 0. The summed E-state index contributed by atoms with van der Waals surface area (Å²) in [5.41, 5.74) is -0.0602. The second kappa shape index (κ2) is 3.05. The van der Waals surface area contributed by atoms with Crippen LogP contribution in [0.2, 0.25) is 0 Å². The summed E-state index contributed by atoms with van der Waals surface area (Å²) in [4.78, 5) is 0. The van der Waals surface area contributed by atoms with E-state index in [2.05, 4.69) is 6.58 Å². The predicted molar refractivity (Wildman–Crippen MR) is 31.4 cm³/mol. The maximum Gasteiger partial charge on any atom is 0.397 e. The maximum atomic E-state index is 11.8. The van der Waals surface area contributed by atoms with Gasteiger partial charge in [-0.1, -0.05) is 12.2 Å². The zero-order chi connectivity index (χ0) is 8.36. The van der Waals surface area contributed by atoms with E-state index in [9.17, 15) is 13.2 Å². The van der Waals surface area contributed by atoms with Crippen molar-refractivity contribution in [2.45, 2.75) is 13.1 Å². The third-order valence-electron chi connectivity index (χ3n) is 1.17. The highest BCUT2D eigenvalue weighted by atomic mass is 19.4. The van der Waals surface area contributed by atoms with Gasteiger partial charge in [0, 0.05) is 0 Å². The van der Waals surface area contributed by atoms with Gasteiger partial charge in [-0.25, -0.2) is 0 Å². The van der Waals surface area contributed by atoms with Gasteiger partial charge in [-0.05, 0) is 6.92 Å². The minimum atomic E-state index is -4.36. The largest absolute Gasteiger partial charge is 0.397 e. The molecule has 10 heavy (non-hydrogen) atoms. The Bertz CT molecular complexity index is 127. The van der Waals surface area contributed by atoms with E-state index in [1.54, 1.807) is 0 Å². The van der Waals surface area contributed by atoms with Crippen molar-refractivity contribution in [3.05, 3.63) is 12.2 Å². The number of aliphatic hydroxyl groups excluding tert-OH is 1. The third-order valence-corrected chi connectivity index (χ3v) is 1.17. The van der Waals surface area contributed by atoms with Crippen LogP contribution in [0.4, 0.5) is 13.2 Å². The number of aliphatic hydroxyl groups is 1. The fraction of sp³-hybridized carbons (Fsp3) is 0.667. The number of hydrogen-bond acceptors (Lipinski definition) is 1. The van der Waals surface area contributed by atoms with Gasteiger partial charge >= 0.3 is 6.18 Å². The Morgan fingerprint density at radius 3 is 2.00 bits per heavy atom. The van der Waals surface area contributed by atoms with Gasteiger partial charge in [0.05, 0.1) is 12.5 Å². The Morgan fingerprint density at radius 1 is 1.60 bits per heavy atom. The van der Waals surface area contributed by atoms with Crippen molar-refractivity contribution in [2.75, 3.05) is 6.61 Å². The number of halogens is 3. The Labute approximate surface area is 57.2 Å². The van der Waals surface area contributed by atoms with E-state index in [0.29, 0.717) is 0 Å². The van der Waals surface area contributed by atoms with Crippen molar-refractivity contribution in [1.82, 2.24) is 0 Å². The van der Waals surface area contributed by atoms with Crippen molar-refractivity contribution in [3.63, 3.8) is 0 Å². The molecule has 0 bridgehead atoms. The molecule has 0 radical (unpaired) electrons. The lowest BCUT2D eigenvalue weighted by Gasteiger charge is -2.17. The molecule has 0 spiro atoms. The summed E-state index contributed by atoms with van der Waals surface area (Å²) in [6, 6.07) is 0. The van der Waals surface area contributed by atoms with E-state index in [1.165, 1.54) is 6.92 Å². The quantitative estimate of drug-likeness (QED) is 0.600. The second-order valence-corrected chi connectivity index (χ2v) is 2.12. The third kappa shape index (κ3) is 2.39. The number of alkyl halides is 3. The van der Waals surface area contributed by atoms with Crippen molar-refractivity contribution in [1.29, 1.82) is 0 Å². The summed E-state index contributed by atoms with van der Waals surface area (Å²) in [6.45, 7) is 3.44. The Balaban J connectivity index is 4.22. The fourth-order valence-corrected chi connectivity index (χ4v) is 0.539. The molecule has 0 amide bonds. The summed E-state index contributed by atoms with van der Waals surface area (Å²) in [6.07, 6.45) is -4.36. The fourth-order valence-electron chi connectivity index (χ4n) is 0.539. The zero-order valence-corrected chi connectivity index (χ0v) is 5.57. The van der Waals surface area contributed by atoms with Gasteiger partial charge in [-0.15, -0.1) is 0 Å². The van der Waals surface area contributed by atoms with E-state index >= 15 is 0 Å². The highest BCUT2D eigenvalue weighted by molar-refractivity contribution is 4.99. The highest BCUT2D eigenvalue weighted by Gasteiger charge is 2.39. The van der Waals surface area contributed by atoms with E-state index in [-0.39, 0.29) is 5.57 Å². The molecular weight excluding hydrogens is 145 g/mol. The van der Waals surface area contributed by atoms with Gasteiger partial charge in [0.25, 0.3) is 0 Å². The molecule has 0 unspecified atom stereocenters. The maximum absolute atomic E-state index is 11.8. The lowest BCUT2D eigenvalue weighted by Crippen LogP contribution is -2.26. The van der Waals surface area contributed by atoms with Gasteiger partial charge in [-0.3, -0.25) is 0 Å². The second-order valence-electron chi connectivity index (χ2n) is 2.12. The van der Waals surface area contributed by atoms with Crippen molar-refractivity contribution >= 4 is 0 Å². The van der Waals surface area contributed by atoms with E-state index < -0.39 is 18.7 Å². The van der Waals surface area contributed by atoms with Crippen LogP contribution in [-0.4, -0.2) is 17.9 Å². The minimum absolute atomic E-state index is 0.0602. The van der Waals surface area contributed by atoms with Crippen LogP contribution in [0.25, 0.3) is 0 Å². The van der Waals surface area contributed by atoms with Gasteiger partial charge in [0.1, 0.15) is 0 Å². The first-order valence-corrected chi connectivity index (χ1v) is 2.72. The zero-order valence-electron chi connectivity index (χ0n) is 5.57. The molecule has 0 saturated heterocycles. The SMILES string of the molecule is C=C(C)[C@@H](CO)C(F)(F)F. The van der Waals surface area contributed by atoms with Crippen LogP contribution < -0.4 is 0 Å². The minimum Gasteiger partial charge on any atom is -0.395 e. The molecule has 4 heteroatoms. The molecule has 0 aliphatic carbocycles. The van der Waals surface area contributed by atoms with Gasteiger partial charge in [-0.2, -0.15) is 13.2 Å². The lowest BCUT2D eigenvalue weighted by atomic mass is 10.0. The van der Waals surface area contributed by atoms with Crippen LogP contribution in [0, 0.1) is 5.92 Å². The van der Waals surface area contributed by atoms with Crippen molar-refractivity contribution in [2.24, 2.45) is 5.92 Å². The summed E-state index contributed by atoms with van der Waals surface area (Å²) >= 11 is 0. The molecule has 0 aliphatic rings. The summed E-state index contributed by atoms with van der Waals surface area (Å²) < 4.78 is 35.3. The predicted octanol–water partition coefficient (Wildman–Crippen LogP) is 1.73. The highest BCUT2D eigenvalue weighted by Crippen LogP contribution is 2.30. The Morgan fingerprint density at radius 2 is 2.00 bits per heavy atom. The molecule has 1 N–H and O–H groups in total. The summed E-state index contributed by atoms with van der Waals surface area (Å²) in [5.74, 6) is -1.77. The Kier molecular flexibility index (Phi) is 2.90. The molecule has 1 atom stereocenters. The number of hydrogen-bond donors (Lipinski definition) is 1. The van der Waals surface area contributed by atoms with Gasteiger partial charge in [0.15, 0.2) is 0 Å². The molecule has 0 aromatic heterocycles. The van der Waals surface area contributed by atoms with E-state index in [1.807, 2.05) is 0 Å². The average molecular weight is 154 g/mol. The number of rotatable bonds is 2. The van der Waals surface area contributed by atoms with Crippen LogP contribution in [0.15, 0.2) is 12.2 Å². The van der Waals surface area contributed by atoms with Crippen LogP contribution in [-0.2, 0) is 0 Å². The van der Waals surface area contributed by atoms with Crippen molar-refractivity contribution < 1.29 is 18.3 Å². The molecule has 60 valence electrons. The molecular formula is C6H9F3O. The molecule has 0 aromatic carbocycles. The first-order chi connectivity index (χ1) is 4.39. The van der Waals surface area contributed by atoms with Crippen LogP contribution in [0.1, 0.15) is 6.92 Å². The van der Waals surface area contributed by atoms with E-state index in [4.69, 9.17) is 5.11 Å². The standard InChI is InChI=1S/C6H9F3O/c1-4(2)5(3-10)6(7,8)9/h5,10H,1,3H2,2H3/t5-/m1/s1. The van der Waals surface area contributed by atoms with Crippen LogP contribution in [0.3, 0.4) is 0 Å². The van der Waals surface area contributed by atoms with Crippen LogP contribution in [0.5, 0.6) is 0 Å². The first kappa shape index (κ1) is 9.49. The molecule has 0 rings (SSSR count). The smallest absolute Gasteiger partial charge is 0.395 e. The Hall–Kier alpha value is -0.510. The monoisotopic (exact) mass is 154 g/mol. The normalized spacial score (nSPS) is 14.9. The van der Waals surface area contributed by atoms with E-state index in [0.717, 1.165) is 0 Å². The molecule has 0 fully saturated rings. The first-order valence-electron chi connectivity index (χ1n) is 2.72.